The largest absolute Gasteiger partial charge is 0.352 e. The second-order valence-electron chi connectivity index (χ2n) is 19.3. The number of likely N-dealkylation sites (N-methyl/N-ethyl adjacent to an activating group) is 1. The lowest BCUT2D eigenvalue weighted by molar-refractivity contribution is -0.115. The summed E-state index contributed by atoms with van der Waals surface area (Å²) in [5.74, 6) is 2.83. The first kappa shape index (κ1) is 44.7. The van der Waals surface area contributed by atoms with Gasteiger partial charge < -0.3 is 30.4 Å². The lowest BCUT2D eigenvalue weighted by Gasteiger charge is -2.33. The number of nitrogens with one attached hydrogen (secondary N) is 6. The SMILES string of the molecule is CCC(=O)Nc1cncc(-c2ccc3[nH]nc(-c4nc5c(-c6cscc6-c6cc(-c7cncc(CNCC8CCCC8)c7)cc7c(-c8nc9c(N%10CCN(C)CC%10)nccc9[nH]8)n[nH]c67)nccc5[nH]4)c3c2)c1. The fraction of sp³-hybridized carbons (Fsp3) is 0.255. The zero-order valence-corrected chi connectivity index (χ0v) is 41.3. The zero-order chi connectivity index (χ0) is 49.0. The third-order valence-corrected chi connectivity index (χ3v) is 15.3. The van der Waals surface area contributed by atoms with Crippen molar-refractivity contribution in [3.63, 3.8) is 0 Å². The first-order chi connectivity index (χ1) is 35.9. The molecule has 13 rings (SSSR count). The van der Waals surface area contributed by atoms with Crippen molar-refractivity contribution in [2.24, 2.45) is 5.92 Å². The van der Waals surface area contributed by atoms with Gasteiger partial charge in [0, 0.05) is 114 Å². The number of fused-ring (bicyclic) bond motifs is 4. The Morgan fingerprint density at radius 1 is 0.699 bits per heavy atom. The number of hydrogen-bond acceptors (Lipinski definition) is 13. The average molecular weight is 985 g/mol. The van der Waals surface area contributed by atoms with E-state index in [1.807, 2.05) is 62.0 Å². The highest BCUT2D eigenvalue weighted by atomic mass is 32.1. The maximum atomic E-state index is 12.2. The Morgan fingerprint density at radius 2 is 1.42 bits per heavy atom. The van der Waals surface area contributed by atoms with E-state index in [0.717, 1.165) is 151 Å². The number of hydrogen-bond donors (Lipinski definition) is 6. The molecule has 18 heteroatoms. The van der Waals surface area contributed by atoms with Crippen molar-refractivity contribution in [1.29, 1.82) is 0 Å². The molecule has 1 saturated carbocycles. The van der Waals surface area contributed by atoms with E-state index in [0.29, 0.717) is 29.5 Å². The molecule has 9 aromatic heterocycles. The average Bonchev–Trinajstić information content (AvgIpc) is 4.30. The summed E-state index contributed by atoms with van der Waals surface area (Å²) in [5, 5.41) is 29.2. The minimum Gasteiger partial charge on any atom is -0.352 e. The van der Waals surface area contributed by atoms with Gasteiger partial charge in [-0.15, -0.1) is 0 Å². The van der Waals surface area contributed by atoms with Crippen LogP contribution in [0.25, 0.3) is 112 Å². The molecule has 364 valence electrons. The van der Waals surface area contributed by atoms with Crippen LogP contribution in [0.1, 0.15) is 44.6 Å². The number of piperazine rings is 1. The van der Waals surface area contributed by atoms with Crippen LogP contribution in [0.4, 0.5) is 11.5 Å². The van der Waals surface area contributed by atoms with Gasteiger partial charge in [0.15, 0.2) is 17.5 Å². The van der Waals surface area contributed by atoms with Crippen molar-refractivity contribution in [1.82, 2.24) is 70.5 Å². The number of imidazole rings is 2. The van der Waals surface area contributed by atoms with Gasteiger partial charge in [0.2, 0.25) is 5.91 Å². The molecule has 1 saturated heterocycles. The van der Waals surface area contributed by atoms with Crippen LogP contribution in [0.15, 0.2) is 103 Å². The fourth-order valence-electron chi connectivity index (χ4n) is 10.6. The smallest absolute Gasteiger partial charge is 0.224 e. The minimum absolute atomic E-state index is 0.0690. The van der Waals surface area contributed by atoms with E-state index in [1.54, 1.807) is 23.7 Å². The van der Waals surface area contributed by atoms with Crippen molar-refractivity contribution in [3.8, 4) is 67.7 Å². The second-order valence-corrected chi connectivity index (χ2v) is 20.1. The number of nitrogens with zero attached hydrogens (tertiary/aromatic N) is 10. The van der Waals surface area contributed by atoms with Gasteiger partial charge in [-0.1, -0.05) is 25.8 Å². The molecule has 17 nitrogen and oxygen atoms in total. The molecular formula is C55H52N16OS. The number of aromatic amines is 4. The Labute approximate surface area is 423 Å². The van der Waals surface area contributed by atoms with Gasteiger partial charge in [0.25, 0.3) is 0 Å². The Balaban J connectivity index is 0.900. The van der Waals surface area contributed by atoms with Crippen molar-refractivity contribution < 1.29 is 4.79 Å². The molecule has 1 aliphatic heterocycles. The van der Waals surface area contributed by atoms with Gasteiger partial charge in [0.05, 0.1) is 39.6 Å². The van der Waals surface area contributed by atoms with Gasteiger partial charge in [-0.3, -0.25) is 29.9 Å². The van der Waals surface area contributed by atoms with Gasteiger partial charge in [-0.2, -0.15) is 21.5 Å². The van der Waals surface area contributed by atoms with E-state index in [1.165, 1.54) is 25.7 Å². The molecule has 6 N–H and O–H groups in total. The number of H-pyrrole nitrogens is 4. The molecule has 2 aliphatic rings. The second kappa shape index (κ2) is 18.8. The standard InChI is InChI=1S/C55H52N16OS/c1-3-46(72)61-37-19-36(27-58-28-37)33-8-9-43-39(20-33)49(68-66-43)53-62-44-10-12-59-48(51(44)64-53)42-30-73-29-41(42)38-21-34(35-18-32(25-57-26-35)24-56-23-31-6-4-5-7-31)22-40-47(38)67-69-50(40)54-63-45-11-13-60-55(52(45)65-54)71-16-14-70(2)15-17-71/h8-13,18-22,25-31,56H,3-7,14-17,23-24H2,1-2H3,(H,61,72)(H,62,64)(H,63,65)(H,66,68)(H,67,69). The van der Waals surface area contributed by atoms with E-state index < -0.39 is 0 Å². The highest BCUT2D eigenvalue weighted by Crippen LogP contribution is 2.44. The maximum absolute atomic E-state index is 12.2. The molecule has 1 amide bonds. The normalized spacial score (nSPS) is 14.7. The zero-order valence-electron chi connectivity index (χ0n) is 40.5. The predicted molar refractivity (Wildman–Crippen MR) is 289 cm³/mol. The van der Waals surface area contributed by atoms with Crippen molar-refractivity contribution in [2.75, 3.05) is 50.0 Å². The summed E-state index contributed by atoms with van der Waals surface area (Å²) < 4.78 is 0. The molecule has 2 fully saturated rings. The Morgan fingerprint density at radius 3 is 2.26 bits per heavy atom. The molecule has 73 heavy (non-hydrogen) atoms. The predicted octanol–water partition coefficient (Wildman–Crippen LogP) is 10.2. The van der Waals surface area contributed by atoms with Crippen molar-refractivity contribution >= 4 is 72.6 Å². The van der Waals surface area contributed by atoms with Gasteiger partial charge in [0.1, 0.15) is 22.4 Å². The topological polar surface area (TPSA) is 214 Å². The molecule has 0 spiro atoms. The van der Waals surface area contributed by atoms with Crippen molar-refractivity contribution in [2.45, 2.75) is 45.6 Å². The molecule has 0 unspecified atom stereocenters. The molecule has 2 aromatic carbocycles. The Hall–Kier alpha value is -8.19. The molecule has 0 atom stereocenters. The van der Waals surface area contributed by atoms with Gasteiger partial charge >= 0.3 is 0 Å². The van der Waals surface area contributed by atoms with Crippen LogP contribution in [-0.2, 0) is 11.3 Å². The van der Waals surface area contributed by atoms with Crippen LogP contribution >= 0.6 is 11.3 Å². The number of carbonyl (C=O) groups excluding carboxylic acids is 1. The number of pyridine rings is 4. The number of amides is 1. The number of thiophene rings is 1. The monoisotopic (exact) mass is 984 g/mol. The minimum atomic E-state index is -0.0690. The summed E-state index contributed by atoms with van der Waals surface area (Å²) in [6, 6.07) is 18.6. The molecule has 11 aromatic rings. The lowest BCUT2D eigenvalue weighted by Crippen LogP contribution is -2.44. The third kappa shape index (κ3) is 8.45. The van der Waals surface area contributed by atoms with Gasteiger partial charge in [-0.25, -0.2) is 15.0 Å². The third-order valence-electron chi connectivity index (χ3n) is 14.5. The van der Waals surface area contributed by atoms with Crippen LogP contribution in [0.3, 0.4) is 0 Å². The molecule has 10 heterocycles. The van der Waals surface area contributed by atoms with Crippen LogP contribution in [0.5, 0.6) is 0 Å². The number of benzene rings is 2. The molecule has 0 bridgehead atoms. The number of anilines is 2. The number of rotatable bonds is 13. The van der Waals surface area contributed by atoms with Crippen LogP contribution in [0.2, 0.25) is 0 Å². The van der Waals surface area contributed by atoms with Gasteiger partial charge in [-0.05, 0) is 103 Å². The van der Waals surface area contributed by atoms with Crippen LogP contribution in [0, 0.1) is 5.92 Å². The first-order valence-corrected chi connectivity index (χ1v) is 26.0. The summed E-state index contributed by atoms with van der Waals surface area (Å²) in [6.45, 7) is 7.30. The van der Waals surface area contributed by atoms with E-state index >= 15 is 0 Å². The highest BCUT2D eigenvalue weighted by Gasteiger charge is 2.25. The summed E-state index contributed by atoms with van der Waals surface area (Å²) in [4.78, 5) is 53.5. The molecule has 1 aliphatic carbocycles. The van der Waals surface area contributed by atoms with Crippen LogP contribution in [-0.4, -0.2) is 111 Å². The Kier molecular flexibility index (Phi) is 11.5. The van der Waals surface area contributed by atoms with Crippen LogP contribution < -0.4 is 15.5 Å². The maximum Gasteiger partial charge on any atom is 0.224 e. The summed E-state index contributed by atoms with van der Waals surface area (Å²) >= 11 is 1.62. The van der Waals surface area contributed by atoms with E-state index in [2.05, 4.69) is 87.7 Å². The molecular weight excluding hydrogens is 933 g/mol. The highest BCUT2D eigenvalue weighted by molar-refractivity contribution is 7.08. The van der Waals surface area contributed by atoms with E-state index in [4.69, 9.17) is 35.1 Å². The first-order valence-electron chi connectivity index (χ1n) is 25.0. The molecule has 0 radical (unpaired) electrons. The summed E-state index contributed by atoms with van der Waals surface area (Å²) in [5.41, 5.74) is 15.7. The summed E-state index contributed by atoms with van der Waals surface area (Å²) in [6.07, 6.45) is 16.7. The number of aromatic nitrogens is 12. The summed E-state index contributed by atoms with van der Waals surface area (Å²) in [7, 11) is 2.16. The van der Waals surface area contributed by atoms with Crippen molar-refractivity contribution in [3.05, 3.63) is 108 Å². The van der Waals surface area contributed by atoms with E-state index in [-0.39, 0.29) is 5.91 Å². The number of carbonyl (C=O) groups is 1. The van der Waals surface area contributed by atoms with E-state index in [9.17, 15) is 4.79 Å². The Bertz CT molecular complexity index is 3850. The quantitative estimate of drug-likeness (QED) is 0.0637. The lowest BCUT2D eigenvalue weighted by atomic mass is 9.94. The fourth-order valence-corrected chi connectivity index (χ4v) is 11.4.